The molecule has 0 heterocycles. The van der Waals surface area contributed by atoms with E-state index in [9.17, 15) is 0 Å². The van der Waals surface area contributed by atoms with Crippen LogP contribution in [0, 0.1) is 6.92 Å². The predicted molar refractivity (Wildman–Crippen MR) is 295 cm³/mol. The van der Waals surface area contributed by atoms with Gasteiger partial charge in [0, 0.05) is 0 Å². The number of aryl methyl sites for hydroxylation is 1. The Labute approximate surface area is 404 Å². The number of fused-ring (bicyclic) bond motifs is 3. The highest BCUT2D eigenvalue weighted by Crippen LogP contribution is 2.54. The van der Waals surface area contributed by atoms with Crippen LogP contribution in [0.4, 0.5) is 0 Å². The van der Waals surface area contributed by atoms with Crippen LogP contribution in [0.25, 0.3) is 120 Å². The van der Waals surface area contributed by atoms with Crippen LogP contribution >= 0.6 is 0 Å². The molecule has 0 amide bonds. The zero-order valence-corrected chi connectivity index (χ0v) is 41.2. The fraction of sp³-hybridized carbons (Fsp3) is 0.182. The lowest BCUT2D eigenvalue weighted by Gasteiger charge is -2.26. The quantitative estimate of drug-likeness (QED) is 0.118. The van der Waals surface area contributed by atoms with E-state index >= 15 is 0 Å². The number of methoxy groups -OCH3 is 3. The highest BCUT2D eigenvalue weighted by atomic mass is 16.5. The standard InChI is InChI=1S/C66H56O3/c1-37-11-13-40(14-12-37)54-33-44-29-47(65(2,3)4)27-42-31-52(38-15-21-49(67-8)22-16-38)56-35-46-36-57-53(39-17-23-50(68-9)24-18-39)32-43-28-48(66(5,6)7)30-45-34-55(41-19-25-51(69-10)26-20-41)62(64(57)59(43)45)60(46)61(54)63(56)58(42)44/h11-36H,1-10H3. The maximum Gasteiger partial charge on any atom is 0.118 e. The molecule has 0 unspecified atom stereocenters. The number of benzene rings is 12. The van der Waals surface area contributed by atoms with Crippen LogP contribution in [-0.4, -0.2) is 21.3 Å². The number of hydrogen-bond donors (Lipinski definition) is 0. The van der Waals surface area contributed by atoms with Gasteiger partial charge in [0.2, 0.25) is 0 Å². The first-order valence-corrected chi connectivity index (χ1v) is 24.1. The summed E-state index contributed by atoms with van der Waals surface area (Å²) in [7, 11) is 5.22. The second kappa shape index (κ2) is 15.5. The minimum absolute atomic E-state index is 0.0597. The molecule has 0 aliphatic rings. The van der Waals surface area contributed by atoms with Gasteiger partial charge in [-0.3, -0.25) is 0 Å². The van der Waals surface area contributed by atoms with Gasteiger partial charge in [-0.2, -0.15) is 0 Å². The molecule has 0 fully saturated rings. The van der Waals surface area contributed by atoms with Crippen molar-refractivity contribution in [3.63, 3.8) is 0 Å². The zero-order chi connectivity index (χ0) is 47.7. The molecule has 0 atom stereocenters. The Morgan fingerprint density at radius 2 is 0.580 bits per heavy atom. The van der Waals surface area contributed by atoms with E-state index in [1.807, 2.05) is 0 Å². The van der Waals surface area contributed by atoms with Crippen LogP contribution in [0.1, 0.15) is 58.2 Å². The Balaban J connectivity index is 1.39. The molecular formula is C66H56O3. The van der Waals surface area contributed by atoms with Crippen LogP contribution in [0.15, 0.2) is 158 Å². The number of rotatable bonds is 7. The average molecular weight is 897 g/mol. The Kier molecular flexibility index (Phi) is 9.57. The third kappa shape index (κ3) is 6.77. The van der Waals surface area contributed by atoms with E-state index in [1.54, 1.807) is 21.3 Å². The minimum atomic E-state index is -0.0677. The smallest absolute Gasteiger partial charge is 0.118 e. The van der Waals surface area contributed by atoms with Gasteiger partial charge in [-0.25, -0.2) is 0 Å². The van der Waals surface area contributed by atoms with Crippen molar-refractivity contribution in [1.29, 1.82) is 0 Å². The van der Waals surface area contributed by atoms with E-state index in [0.717, 1.165) is 33.9 Å². The largest absolute Gasteiger partial charge is 0.497 e. The van der Waals surface area contributed by atoms with Gasteiger partial charge in [-0.1, -0.05) is 132 Å². The Bertz CT molecular complexity index is 3950. The maximum atomic E-state index is 5.77. The van der Waals surface area contributed by atoms with Crippen LogP contribution < -0.4 is 14.2 Å². The van der Waals surface area contributed by atoms with Crippen molar-refractivity contribution in [3.8, 4) is 61.8 Å². The van der Waals surface area contributed by atoms with E-state index in [1.165, 1.54) is 120 Å². The summed E-state index contributed by atoms with van der Waals surface area (Å²) in [4.78, 5) is 0. The molecule has 338 valence electrons. The second-order valence-electron chi connectivity index (χ2n) is 21.3. The summed E-state index contributed by atoms with van der Waals surface area (Å²) in [5, 5.41) is 17.6. The number of ether oxygens (including phenoxy) is 3. The summed E-state index contributed by atoms with van der Waals surface area (Å²) in [6, 6.07) is 59.8. The van der Waals surface area contributed by atoms with Crippen molar-refractivity contribution >= 4 is 75.4 Å². The van der Waals surface area contributed by atoms with E-state index in [0.29, 0.717) is 0 Å². The van der Waals surface area contributed by atoms with Crippen LogP contribution in [0.2, 0.25) is 0 Å². The molecule has 0 aliphatic carbocycles. The molecule has 69 heavy (non-hydrogen) atoms. The summed E-state index contributed by atoms with van der Waals surface area (Å²) in [5.74, 6) is 2.52. The van der Waals surface area contributed by atoms with Gasteiger partial charge in [-0.05, 0) is 222 Å². The molecule has 0 spiro atoms. The second-order valence-corrected chi connectivity index (χ2v) is 21.3. The third-order valence-corrected chi connectivity index (χ3v) is 14.9. The first kappa shape index (κ1) is 42.7. The van der Waals surface area contributed by atoms with Crippen LogP contribution in [0.5, 0.6) is 17.2 Å². The first-order chi connectivity index (χ1) is 33.2. The Hall–Kier alpha value is -7.62. The van der Waals surface area contributed by atoms with Crippen LogP contribution in [-0.2, 0) is 10.8 Å². The monoisotopic (exact) mass is 896 g/mol. The lowest BCUT2D eigenvalue weighted by atomic mass is 9.77. The van der Waals surface area contributed by atoms with Crippen molar-refractivity contribution < 1.29 is 14.2 Å². The summed E-state index contributed by atoms with van der Waals surface area (Å²) in [5.41, 5.74) is 13.2. The lowest BCUT2D eigenvalue weighted by Crippen LogP contribution is -2.11. The summed E-state index contributed by atoms with van der Waals surface area (Å²) in [6.45, 7) is 16.1. The van der Waals surface area contributed by atoms with Crippen molar-refractivity contribution in [2.45, 2.75) is 59.3 Å². The summed E-state index contributed by atoms with van der Waals surface area (Å²) < 4.78 is 17.2. The van der Waals surface area contributed by atoms with E-state index in [2.05, 4.69) is 206 Å². The SMILES string of the molecule is COc1ccc(-c2cc3cc(C(C)(C)C)cc4cc(-c5ccc(C)cc5)c5c6c(cc2c5c34)cc2c(-c3ccc(OC)cc3)cc3cc(C(C)(C)C)cc4cc(-c5ccc(OC)cc5)c6c2c34)cc1. The molecule has 12 rings (SSSR count). The van der Waals surface area contributed by atoms with Gasteiger partial charge in [0.1, 0.15) is 17.2 Å². The molecule has 0 saturated carbocycles. The van der Waals surface area contributed by atoms with Crippen molar-refractivity contribution in [3.05, 3.63) is 174 Å². The molecule has 0 N–H and O–H groups in total. The highest BCUT2D eigenvalue weighted by molar-refractivity contribution is 6.43. The van der Waals surface area contributed by atoms with E-state index in [-0.39, 0.29) is 10.8 Å². The normalized spacial score (nSPS) is 12.5. The molecule has 12 aromatic rings. The van der Waals surface area contributed by atoms with Gasteiger partial charge in [0.25, 0.3) is 0 Å². The van der Waals surface area contributed by atoms with Crippen molar-refractivity contribution in [2.24, 2.45) is 0 Å². The van der Waals surface area contributed by atoms with Crippen molar-refractivity contribution in [1.82, 2.24) is 0 Å². The zero-order valence-electron chi connectivity index (χ0n) is 41.2. The van der Waals surface area contributed by atoms with Gasteiger partial charge in [0.15, 0.2) is 0 Å². The summed E-state index contributed by atoms with van der Waals surface area (Å²) in [6.07, 6.45) is 0. The molecule has 0 bridgehead atoms. The average Bonchev–Trinajstić information content (AvgIpc) is 3.35. The molecule has 12 aromatic carbocycles. The molecule has 3 nitrogen and oxygen atoms in total. The lowest BCUT2D eigenvalue weighted by molar-refractivity contribution is 0.415. The fourth-order valence-electron chi connectivity index (χ4n) is 11.2. The summed E-state index contributed by atoms with van der Waals surface area (Å²) >= 11 is 0. The predicted octanol–water partition coefficient (Wildman–Crippen LogP) is 18.2. The third-order valence-electron chi connectivity index (χ3n) is 14.9. The van der Waals surface area contributed by atoms with Gasteiger partial charge >= 0.3 is 0 Å². The first-order valence-electron chi connectivity index (χ1n) is 24.1. The number of hydrogen-bond acceptors (Lipinski definition) is 3. The van der Waals surface area contributed by atoms with E-state index < -0.39 is 0 Å². The van der Waals surface area contributed by atoms with Crippen molar-refractivity contribution in [2.75, 3.05) is 21.3 Å². The topological polar surface area (TPSA) is 27.7 Å². The Morgan fingerprint density at radius 3 is 0.899 bits per heavy atom. The van der Waals surface area contributed by atoms with Gasteiger partial charge in [0.05, 0.1) is 21.3 Å². The minimum Gasteiger partial charge on any atom is -0.497 e. The molecule has 0 aliphatic heterocycles. The molecule has 0 aromatic heterocycles. The fourth-order valence-corrected chi connectivity index (χ4v) is 11.2. The van der Waals surface area contributed by atoms with Gasteiger partial charge in [-0.15, -0.1) is 0 Å². The molecule has 3 heteroatoms. The molecular weight excluding hydrogens is 841 g/mol. The molecule has 0 radical (unpaired) electrons. The maximum absolute atomic E-state index is 5.77. The van der Waals surface area contributed by atoms with Gasteiger partial charge < -0.3 is 14.2 Å². The van der Waals surface area contributed by atoms with Crippen LogP contribution in [0.3, 0.4) is 0 Å². The molecule has 0 saturated heterocycles. The van der Waals surface area contributed by atoms with E-state index in [4.69, 9.17) is 14.2 Å². The Morgan fingerprint density at radius 1 is 0.290 bits per heavy atom. The highest BCUT2D eigenvalue weighted by Gasteiger charge is 2.28.